The van der Waals surface area contributed by atoms with Gasteiger partial charge in [0.2, 0.25) is 5.91 Å². The third-order valence-corrected chi connectivity index (χ3v) is 5.37. The van der Waals surface area contributed by atoms with Crippen LogP contribution in [-0.4, -0.2) is 79.0 Å². The molecule has 3 heterocycles. The summed E-state index contributed by atoms with van der Waals surface area (Å²) in [6.07, 6.45) is 1.51. The van der Waals surface area contributed by atoms with Crippen molar-refractivity contribution in [2.45, 2.75) is 6.04 Å². The number of hydrogen-bond donors (Lipinski definition) is 0. The third-order valence-electron chi connectivity index (χ3n) is 5.37. The molecule has 0 aliphatic carbocycles. The second kappa shape index (κ2) is 8.58. The summed E-state index contributed by atoms with van der Waals surface area (Å²) in [7, 11) is 0. The smallest absolute Gasteiger partial charge is 0.289 e. The van der Waals surface area contributed by atoms with Gasteiger partial charge in [-0.25, -0.2) is 0 Å². The van der Waals surface area contributed by atoms with Crippen molar-refractivity contribution in [2.24, 2.45) is 0 Å². The highest BCUT2D eigenvalue weighted by Crippen LogP contribution is 2.25. The summed E-state index contributed by atoms with van der Waals surface area (Å²) in [5.41, 5.74) is 0.991. The molecule has 4 rings (SSSR count). The number of piperazine rings is 1. The Morgan fingerprint density at radius 1 is 0.821 bits per heavy atom. The third kappa shape index (κ3) is 3.95. The Bertz CT molecular complexity index is 779. The van der Waals surface area contributed by atoms with Crippen molar-refractivity contribution in [1.29, 1.82) is 0 Å². The average molecular weight is 383 g/mol. The van der Waals surface area contributed by atoms with Crippen molar-refractivity contribution in [3.63, 3.8) is 0 Å². The zero-order valence-corrected chi connectivity index (χ0v) is 15.8. The first-order chi connectivity index (χ1) is 13.7. The van der Waals surface area contributed by atoms with Gasteiger partial charge in [0.05, 0.1) is 19.5 Å². The summed E-state index contributed by atoms with van der Waals surface area (Å²) >= 11 is 0. The van der Waals surface area contributed by atoms with Crippen LogP contribution in [0.15, 0.2) is 53.1 Å². The molecule has 2 aliphatic rings. The van der Waals surface area contributed by atoms with Crippen LogP contribution in [0, 0.1) is 0 Å². The fourth-order valence-electron chi connectivity index (χ4n) is 3.84. The first-order valence-electron chi connectivity index (χ1n) is 9.72. The number of carbonyl (C=O) groups is 2. The van der Waals surface area contributed by atoms with Gasteiger partial charge in [0.25, 0.3) is 5.91 Å². The van der Waals surface area contributed by atoms with E-state index < -0.39 is 0 Å². The van der Waals surface area contributed by atoms with Crippen molar-refractivity contribution >= 4 is 11.8 Å². The van der Waals surface area contributed by atoms with Crippen molar-refractivity contribution in [1.82, 2.24) is 14.7 Å². The minimum atomic E-state index is -0.333. The maximum absolute atomic E-state index is 13.3. The molecule has 0 radical (unpaired) electrons. The highest BCUT2D eigenvalue weighted by Gasteiger charge is 2.35. The Morgan fingerprint density at radius 2 is 1.54 bits per heavy atom. The van der Waals surface area contributed by atoms with Crippen LogP contribution < -0.4 is 0 Å². The van der Waals surface area contributed by atoms with Crippen molar-refractivity contribution in [3.05, 3.63) is 60.1 Å². The van der Waals surface area contributed by atoms with Crippen LogP contribution in [0.25, 0.3) is 0 Å². The van der Waals surface area contributed by atoms with E-state index in [1.54, 1.807) is 17.0 Å². The lowest BCUT2D eigenvalue weighted by molar-refractivity contribution is -0.142. The van der Waals surface area contributed by atoms with E-state index in [9.17, 15) is 9.59 Å². The maximum Gasteiger partial charge on any atom is 0.289 e. The van der Waals surface area contributed by atoms with E-state index in [4.69, 9.17) is 9.15 Å². The molecule has 0 bridgehead atoms. The number of rotatable bonds is 4. The van der Waals surface area contributed by atoms with E-state index in [0.29, 0.717) is 58.2 Å². The predicted molar refractivity (Wildman–Crippen MR) is 103 cm³/mol. The first kappa shape index (κ1) is 18.7. The number of hydrogen-bond acceptors (Lipinski definition) is 5. The topological polar surface area (TPSA) is 66.2 Å². The molecule has 28 heavy (non-hydrogen) atoms. The minimum Gasteiger partial charge on any atom is -0.459 e. The SMILES string of the molecule is O=C(c1ccco1)N1CCN([C@@H](C(=O)N2CCOCC2)c2ccccc2)CC1. The van der Waals surface area contributed by atoms with Crippen molar-refractivity contribution < 1.29 is 18.7 Å². The molecule has 2 amide bonds. The zero-order valence-electron chi connectivity index (χ0n) is 15.8. The zero-order chi connectivity index (χ0) is 19.3. The lowest BCUT2D eigenvalue weighted by Gasteiger charge is -2.40. The van der Waals surface area contributed by atoms with Gasteiger partial charge in [-0.05, 0) is 17.7 Å². The van der Waals surface area contributed by atoms with Gasteiger partial charge in [-0.15, -0.1) is 0 Å². The van der Waals surface area contributed by atoms with Gasteiger partial charge in [-0.2, -0.15) is 0 Å². The Morgan fingerprint density at radius 3 is 2.18 bits per heavy atom. The molecule has 0 N–H and O–H groups in total. The number of morpholine rings is 1. The Kier molecular flexibility index (Phi) is 5.73. The molecular formula is C21H25N3O4. The molecule has 0 unspecified atom stereocenters. The molecule has 0 saturated carbocycles. The number of nitrogens with zero attached hydrogens (tertiary/aromatic N) is 3. The van der Waals surface area contributed by atoms with E-state index in [1.165, 1.54) is 6.26 Å². The van der Waals surface area contributed by atoms with Gasteiger partial charge in [-0.3, -0.25) is 14.5 Å². The summed E-state index contributed by atoms with van der Waals surface area (Å²) < 4.78 is 10.6. The summed E-state index contributed by atoms with van der Waals surface area (Å²) in [5.74, 6) is 0.373. The number of ether oxygens (including phenoxy) is 1. The van der Waals surface area contributed by atoms with Crippen LogP contribution in [-0.2, 0) is 9.53 Å². The molecule has 0 spiro atoms. The molecule has 2 saturated heterocycles. The molecule has 2 aliphatic heterocycles. The standard InChI is InChI=1S/C21H25N3O4/c25-20(18-7-4-14-28-18)23-10-8-22(9-11-23)19(17-5-2-1-3-6-17)21(26)24-12-15-27-16-13-24/h1-7,14,19H,8-13,15-16H2/t19-/m1/s1. The Hall–Kier alpha value is -2.64. The molecule has 1 aromatic carbocycles. The van der Waals surface area contributed by atoms with Crippen molar-refractivity contribution in [3.8, 4) is 0 Å². The van der Waals surface area contributed by atoms with E-state index >= 15 is 0 Å². The summed E-state index contributed by atoms with van der Waals surface area (Å²) in [6, 6.07) is 13.0. The van der Waals surface area contributed by atoms with Gasteiger partial charge < -0.3 is 19.0 Å². The molecule has 2 fully saturated rings. The van der Waals surface area contributed by atoms with Gasteiger partial charge in [0.15, 0.2) is 5.76 Å². The number of benzene rings is 1. The molecule has 7 heteroatoms. The molecule has 1 aromatic heterocycles. The fraction of sp³-hybridized carbons (Fsp3) is 0.429. The average Bonchev–Trinajstić information content (AvgIpc) is 3.30. The second-order valence-electron chi connectivity index (χ2n) is 7.06. The van der Waals surface area contributed by atoms with Gasteiger partial charge in [0.1, 0.15) is 6.04 Å². The molecule has 148 valence electrons. The normalized spacial score (nSPS) is 19.4. The maximum atomic E-state index is 13.3. The molecule has 7 nitrogen and oxygen atoms in total. The van der Waals surface area contributed by atoms with Crippen LogP contribution in [0.3, 0.4) is 0 Å². The molecule has 2 aromatic rings. The minimum absolute atomic E-state index is 0.0968. The Labute approximate surface area is 164 Å². The highest BCUT2D eigenvalue weighted by atomic mass is 16.5. The van der Waals surface area contributed by atoms with Gasteiger partial charge in [0, 0.05) is 39.3 Å². The fourth-order valence-corrected chi connectivity index (χ4v) is 3.84. The summed E-state index contributed by atoms with van der Waals surface area (Å²) in [4.78, 5) is 31.7. The lowest BCUT2D eigenvalue weighted by Crippen LogP contribution is -2.54. The number of furan rings is 1. The molecular weight excluding hydrogens is 358 g/mol. The van der Waals surface area contributed by atoms with E-state index in [2.05, 4.69) is 4.90 Å². The van der Waals surface area contributed by atoms with E-state index in [1.807, 2.05) is 35.2 Å². The number of amides is 2. The molecule has 1 atom stereocenters. The van der Waals surface area contributed by atoms with Crippen LogP contribution in [0.1, 0.15) is 22.2 Å². The van der Waals surface area contributed by atoms with Crippen molar-refractivity contribution in [2.75, 3.05) is 52.5 Å². The lowest BCUT2D eigenvalue weighted by atomic mass is 10.0. The van der Waals surface area contributed by atoms with Crippen LogP contribution >= 0.6 is 0 Å². The van der Waals surface area contributed by atoms with Crippen LogP contribution in [0.2, 0.25) is 0 Å². The summed E-state index contributed by atoms with van der Waals surface area (Å²) in [5, 5.41) is 0. The first-order valence-corrected chi connectivity index (χ1v) is 9.72. The number of carbonyl (C=O) groups excluding carboxylic acids is 2. The predicted octanol–water partition coefficient (Wildman–Crippen LogP) is 1.64. The Balaban J connectivity index is 1.48. The monoisotopic (exact) mass is 383 g/mol. The summed E-state index contributed by atoms with van der Waals surface area (Å²) in [6.45, 7) is 4.83. The van der Waals surface area contributed by atoms with Crippen LogP contribution in [0.5, 0.6) is 0 Å². The quantitative estimate of drug-likeness (QED) is 0.803. The second-order valence-corrected chi connectivity index (χ2v) is 7.06. The largest absolute Gasteiger partial charge is 0.459 e. The van der Waals surface area contributed by atoms with E-state index in [0.717, 1.165) is 5.56 Å². The van der Waals surface area contributed by atoms with Crippen LogP contribution in [0.4, 0.5) is 0 Å². The van der Waals surface area contributed by atoms with Gasteiger partial charge >= 0.3 is 0 Å². The van der Waals surface area contributed by atoms with Gasteiger partial charge in [-0.1, -0.05) is 30.3 Å². The van der Waals surface area contributed by atoms with E-state index in [-0.39, 0.29) is 17.9 Å². The highest BCUT2D eigenvalue weighted by molar-refractivity contribution is 5.91.